The normalized spacial score (nSPS) is 20.8. The first-order valence-corrected chi connectivity index (χ1v) is 7.80. The van der Waals surface area contributed by atoms with Crippen molar-refractivity contribution in [1.82, 2.24) is 4.31 Å². The lowest BCUT2D eigenvalue weighted by molar-refractivity contribution is -0.385. The SMILES string of the molecule is Cc1ccc([N+](=O)[O-])cc1S(=O)(=O)N1CCCCC1N. The van der Waals surface area contributed by atoms with Crippen molar-refractivity contribution in [3.63, 3.8) is 0 Å². The number of nitro groups is 1. The Morgan fingerprint density at radius 2 is 2.10 bits per heavy atom. The molecule has 1 unspecified atom stereocenters. The molecule has 2 N–H and O–H groups in total. The molecular weight excluding hydrogens is 282 g/mol. The molecule has 1 saturated heterocycles. The van der Waals surface area contributed by atoms with Crippen molar-refractivity contribution in [2.75, 3.05) is 6.54 Å². The summed E-state index contributed by atoms with van der Waals surface area (Å²) in [6.07, 6.45) is 1.68. The quantitative estimate of drug-likeness (QED) is 0.670. The molecule has 0 saturated carbocycles. The molecule has 0 aromatic heterocycles. The van der Waals surface area contributed by atoms with Crippen LogP contribution < -0.4 is 5.73 Å². The predicted octanol–water partition coefficient (Wildman–Crippen LogP) is 1.36. The highest BCUT2D eigenvalue weighted by Crippen LogP contribution is 2.28. The molecule has 1 aromatic carbocycles. The summed E-state index contributed by atoms with van der Waals surface area (Å²) in [4.78, 5) is 10.2. The van der Waals surface area contributed by atoms with Crippen LogP contribution in [0.3, 0.4) is 0 Å². The summed E-state index contributed by atoms with van der Waals surface area (Å²) in [6.45, 7) is 1.97. The Morgan fingerprint density at radius 3 is 2.70 bits per heavy atom. The Labute approximate surface area is 117 Å². The highest BCUT2D eigenvalue weighted by atomic mass is 32.2. The number of piperidine rings is 1. The van der Waals surface area contributed by atoms with Crippen LogP contribution in [-0.4, -0.2) is 30.4 Å². The molecule has 110 valence electrons. The zero-order chi connectivity index (χ0) is 14.9. The summed E-state index contributed by atoms with van der Waals surface area (Å²) >= 11 is 0. The maximum atomic E-state index is 12.6. The summed E-state index contributed by atoms with van der Waals surface area (Å²) in [5.41, 5.74) is 6.11. The van der Waals surface area contributed by atoms with Gasteiger partial charge in [-0.05, 0) is 31.7 Å². The van der Waals surface area contributed by atoms with Gasteiger partial charge in [0.05, 0.1) is 16.0 Å². The van der Waals surface area contributed by atoms with Crippen molar-refractivity contribution >= 4 is 15.7 Å². The minimum Gasteiger partial charge on any atom is -0.315 e. The minimum atomic E-state index is -3.79. The predicted molar refractivity (Wildman–Crippen MR) is 73.6 cm³/mol. The molecule has 8 heteroatoms. The largest absolute Gasteiger partial charge is 0.315 e. The molecule has 1 atom stereocenters. The average Bonchev–Trinajstić information content (AvgIpc) is 2.39. The van der Waals surface area contributed by atoms with E-state index in [1.807, 2.05) is 0 Å². The second kappa shape index (κ2) is 5.47. The lowest BCUT2D eigenvalue weighted by Gasteiger charge is -2.32. The Morgan fingerprint density at radius 1 is 1.40 bits per heavy atom. The van der Waals surface area contributed by atoms with Crippen LogP contribution in [0.15, 0.2) is 23.1 Å². The number of rotatable bonds is 3. The number of nitrogens with zero attached hydrogens (tertiary/aromatic N) is 2. The van der Waals surface area contributed by atoms with Crippen molar-refractivity contribution in [3.8, 4) is 0 Å². The van der Waals surface area contributed by atoms with Crippen LogP contribution in [0.5, 0.6) is 0 Å². The number of non-ortho nitro benzene ring substituents is 1. The smallest absolute Gasteiger partial charge is 0.270 e. The molecule has 0 amide bonds. The van der Waals surface area contributed by atoms with Gasteiger partial charge in [-0.25, -0.2) is 8.42 Å². The summed E-state index contributed by atoms with van der Waals surface area (Å²) in [6, 6.07) is 3.84. The molecule has 7 nitrogen and oxygen atoms in total. The molecule has 1 aromatic rings. The zero-order valence-electron chi connectivity index (χ0n) is 11.2. The summed E-state index contributed by atoms with van der Waals surface area (Å²) in [5, 5.41) is 10.8. The molecule has 1 heterocycles. The van der Waals surface area contributed by atoms with E-state index >= 15 is 0 Å². The van der Waals surface area contributed by atoms with E-state index in [4.69, 9.17) is 5.73 Å². The first-order chi connectivity index (χ1) is 9.34. The lowest BCUT2D eigenvalue weighted by atomic mass is 10.1. The Kier molecular flexibility index (Phi) is 4.07. The van der Waals surface area contributed by atoms with Gasteiger partial charge in [-0.2, -0.15) is 4.31 Å². The third-order valence-electron chi connectivity index (χ3n) is 3.47. The van der Waals surface area contributed by atoms with Crippen LogP contribution in [-0.2, 0) is 10.0 Å². The number of nitro benzene ring substituents is 1. The molecule has 20 heavy (non-hydrogen) atoms. The second-order valence-corrected chi connectivity index (χ2v) is 6.74. The van der Waals surface area contributed by atoms with Crippen molar-refractivity contribution in [2.24, 2.45) is 5.73 Å². The van der Waals surface area contributed by atoms with Crippen LogP contribution in [0.25, 0.3) is 0 Å². The molecular formula is C12H17N3O4S. The van der Waals surface area contributed by atoms with E-state index in [1.54, 1.807) is 6.92 Å². The number of hydrogen-bond acceptors (Lipinski definition) is 5. The molecule has 0 spiro atoms. The maximum absolute atomic E-state index is 12.6. The number of nitrogens with two attached hydrogens (primary N) is 1. The van der Waals surface area contributed by atoms with Crippen molar-refractivity contribution < 1.29 is 13.3 Å². The molecule has 1 aliphatic heterocycles. The van der Waals surface area contributed by atoms with Crippen LogP contribution in [0.4, 0.5) is 5.69 Å². The fourth-order valence-electron chi connectivity index (χ4n) is 2.34. The molecule has 1 fully saturated rings. The third-order valence-corrected chi connectivity index (χ3v) is 5.53. The fourth-order valence-corrected chi connectivity index (χ4v) is 4.16. The monoisotopic (exact) mass is 299 g/mol. The Balaban J connectivity index is 2.48. The van der Waals surface area contributed by atoms with Gasteiger partial charge >= 0.3 is 0 Å². The number of aryl methyl sites for hydroxylation is 1. The van der Waals surface area contributed by atoms with Gasteiger partial charge in [0.2, 0.25) is 10.0 Å². The van der Waals surface area contributed by atoms with Gasteiger partial charge in [0, 0.05) is 18.7 Å². The van der Waals surface area contributed by atoms with Gasteiger partial charge < -0.3 is 5.73 Å². The number of benzene rings is 1. The van der Waals surface area contributed by atoms with Gasteiger partial charge in [-0.3, -0.25) is 10.1 Å². The molecule has 2 rings (SSSR count). The van der Waals surface area contributed by atoms with Gasteiger partial charge in [-0.1, -0.05) is 6.07 Å². The highest BCUT2D eigenvalue weighted by molar-refractivity contribution is 7.89. The van der Waals surface area contributed by atoms with Crippen molar-refractivity contribution in [3.05, 3.63) is 33.9 Å². The lowest BCUT2D eigenvalue weighted by Crippen LogP contribution is -2.48. The van der Waals surface area contributed by atoms with Crippen LogP contribution >= 0.6 is 0 Å². The van der Waals surface area contributed by atoms with Gasteiger partial charge in [-0.15, -0.1) is 0 Å². The standard InChI is InChI=1S/C12H17N3O4S/c1-9-5-6-10(15(16)17)8-11(9)20(18,19)14-7-3-2-4-12(14)13/h5-6,8,12H,2-4,7,13H2,1H3. The summed E-state index contributed by atoms with van der Waals surface area (Å²) in [7, 11) is -3.79. The summed E-state index contributed by atoms with van der Waals surface area (Å²) in [5.74, 6) is 0. The van der Waals surface area contributed by atoms with Gasteiger partial charge in [0.15, 0.2) is 0 Å². The van der Waals surface area contributed by atoms with E-state index < -0.39 is 21.1 Å². The van der Waals surface area contributed by atoms with E-state index in [0.717, 1.165) is 18.9 Å². The van der Waals surface area contributed by atoms with E-state index in [-0.39, 0.29) is 10.6 Å². The summed E-state index contributed by atoms with van der Waals surface area (Å²) < 4.78 is 26.5. The van der Waals surface area contributed by atoms with Crippen LogP contribution in [0.1, 0.15) is 24.8 Å². The van der Waals surface area contributed by atoms with E-state index in [1.165, 1.54) is 16.4 Å². The minimum absolute atomic E-state index is 0.0379. The maximum Gasteiger partial charge on any atom is 0.270 e. The number of hydrogen-bond donors (Lipinski definition) is 1. The highest BCUT2D eigenvalue weighted by Gasteiger charge is 2.33. The van der Waals surface area contributed by atoms with E-state index in [9.17, 15) is 18.5 Å². The van der Waals surface area contributed by atoms with Crippen LogP contribution in [0, 0.1) is 17.0 Å². The Bertz CT molecular complexity index is 630. The molecule has 0 radical (unpaired) electrons. The Hall–Kier alpha value is -1.51. The first kappa shape index (κ1) is 14.9. The number of sulfonamides is 1. The third kappa shape index (κ3) is 2.67. The molecule has 1 aliphatic rings. The van der Waals surface area contributed by atoms with E-state index in [0.29, 0.717) is 18.5 Å². The van der Waals surface area contributed by atoms with Crippen molar-refractivity contribution in [1.29, 1.82) is 0 Å². The van der Waals surface area contributed by atoms with Crippen molar-refractivity contribution in [2.45, 2.75) is 37.2 Å². The average molecular weight is 299 g/mol. The van der Waals surface area contributed by atoms with Gasteiger partial charge in [0.1, 0.15) is 0 Å². The zero-order valence-corrected chi connectivity index (χ0v) is 12.0. The second-order valence-electron chi connectivity index (χ2n) is 4.89. The molecule has 0 bridgehead atoms. The molecule has 0 aliphatic carbocycles. The fraction of sp³-hybridized carbons (Fsp3) is 0.500. The topological polar surface area (TPSA) is 107 Å². The van der Waals surface area contributed by atoms with Crippen LogP contribution in [0.2, 0.25) is 0 Å². The van der Waals surface area contributed by atoms with E-state index in [2.05, 4.69) is 0 Å². The first-order valence-electron chi connectivity index (χ1n) is 6.36. The van der Waals surface area contributed by atoms with Gasteiger partial charge in [0.25, 0.3) is 5.69 Å².